The van der Waals surface area contributed by atoms with Crippen LogP contribution < -0.4 is 0 Å². The number of rotatable bonds is 13. The van der Waals surface area contributed by atoms with Crippen LogP contribution in [0, 0.1) is 0 Å². The number of esters is 1. The molecule has 0 bridgehead atoms. The first kappa shape index (κ1) is 21.9. The van der Waals surface area contributed by atoms with E-state index in [4.69, 9.17) is 9.84 Å². The highest BCUT2D eigenvalue weighted by Crippen LogP contribution is 2.12. The average Bonchev–Trinajstić information content (AvgIpc) is 2.35. The van der Waals surface area contributed by atoms with Gasteiger partial charge >= 0.3 is 11.9 Å². The molecule has 2 N–H and O–H groups in total. The molecule has 0 amide bonds. The van der Waals surface area contributed by atoms with Gasteiger partial charge in [0.15, 0.2) is 6.10 Å². The van der Waals surface area contributed by atoms with Gasteiger partial charge in [-0.1, -0.05) is 26.2 Å². The summed E-state index contributed by atoms with van der Waals surface area (Å²) < 4.78 is 5.83. The summed E-state index contributed by atoms with van der Waals surface area (Å²) >= 11 is 0. The van der Waals surface area contributed by atoms with E-state index in [2.05, 4.69) is 6.92 Å². The van der Waals surface area contributed by atoms with Gasteiger partial charge in [0.25, 0.3) is 0 Å². The van der Waals surface area contributed by atoms with Crippen LogP contribution in [0.15, 0.2) is 0 Å². The maximum absolute atomic E-state index is 11.9. The summed E-state index contributed by atoms with van der Waals surface area (Å²) in [4.78, 5) is 22.7. The van der Waals surface area contributed by atoms with E-state index in [9.17, 15) is 14.7 Å². The highest BCUT2D eigenvalue weighted by atomic mass is 16.5. The molecule has 0 aromatic heterocycles. The Morgan fingerprint density at radius 2 is 1.70 bits per heavy atom. The fraction of sp³-hybridized carbons (Fsp3) is 0.882. The Labute approximate surface area is 140 Å². The molecule has 0 radical (unpaired) electrons. The highest BCUT2D eigenvalue weighted by Gasteiger charge is 2.24. The molecule has 0 aliphatic rings. The van der Waals surface area contributed by atoms with E-state index in [0.29, 0.717) is 23.9 Å². The minimum Gasteiger partial charge on any atom is -0.481 e. The Balaban J connectivity index is 4.09. The number of carboxylic acids is 1. The van der Waals surface area contributed by atoms with Crippen molar-refractivity contribution in [3.05, 3.63) is 0 Å². The molecular formula is C17H34NO5+. The van der Waals surface area contributed by atoms with Crippen molar-refractivity contribution in [1.82, 2.24) is 0 Å². The van der Waals surface area contributed by atoms with Crippen molar-refractivity contribution in [1.29, 1.82) is 0 Å². The van der Waals surface area contributed by atoms with Crippen LogP contribution in [0.2, 0.25) is 0 Å². The molecule has 0 saturated heterocycles. The number of carboxylic acid groups (broad SMARTS) is 1. The Hall–Kier alpha value is -1.14. The molecule has 0 aliphatic heterocycles. The Morgan fingerprint density at radius 1 is 1.09 bits per heavy atom. The Bertz CT molecular complexity index is 351. The fourth-order valence-electron chi connectivity index (χ4n) is 2.45. The second kappa shape index (κ2) is 11.4. The van der Waals surface area contributed by atoms with Crippen LogP contribution in [-0.2, 0) is 14.3 Å². The van der Waals surface area contributed by atoms with Crippen molar-refractivity contribution in [2.24, 2.45) is 0 Å². The summed E-state index contributed by atoms with van der Waals surface area (Å²) in [5.74, 6) is -1.35. The van der Waals surface area contributed by atoms with Gasteiger partial charge in [-0.2, -0.15) is 0 Å². The normalized spacial score (nSPS) is 14.3. The van der Waals surface area contributed by atoms with Crippen molar-refractivity contribution in [3.8, 4) is 0 Å². The van der Waals surface area contributed by atoms with E-state index >= 15 is 0 Å². The van der Waals surface area contributed by atoms with E-state index in [-0.39, 0.29) is 24.9 Å². The summed E-state index contributed by atoms with van der Waals surface area (Å²) in [6.45, 7) is 2.57. The van der Waals surface area contributed by atoms with Crippen LogP contribution in [0.5, 0.6) is 0 Å². The number of hydrogen-bond acceptors (Lipinski definition) is 4. The molecule has 6 heteroatoms. The van der Waals surface area contributed by atoms with Gasteiger partial charge in [-0.25, -0.2) is 0 Å². The van der Waals surface area contributed by atoms with Gasteiger partial charge in [-0.05, 0) is 19.3 Å². The predicted molar refractivity (Wildman–Crippen MR) is 89.0 cm³/mol. The molecule has 0 aromatic carbocycles. The van der Waals surface area contributed by atoms with Crippen molar-refractivity contribution < 1.29 is 29.0 Å². The predicted octanol–water partition coefficient (Wildman–Crippen LogP) is 2.19. The van der Waals surface area contributed by atoms with Gasteiger partial charge < -0.3 is 19.4 Å². The zero-order valence-corrected chi connectivity index (χ0v) is 15.1. The Morgan fingerprint density at radius 3 is 2.22 bits per heavy atom. The molecule has 23 heavy (non-hydrogen) atoms. The average molecular weight is 332 g/mol. The monoisotopic (exact) mass is 332 g/mol. The number of carbonyl (C=O) groups is 2. The maximum Gasteiger partial charge on any atom is 0.307 e. The number of nitrogens with zero attached hydrogens (tertiary/aromatic N) is 1. The van der Waals surface area contributed by atoms with Crippen molar-refractivity contribution in [3.63, 3.8) is 0 Å². The van der Waals surface area contributed by atoms with Crippen LogP contribution in [-0.4, -0.2) is 66.5 Å². The minimum absolute atomic E-state index is 0.180. The third kappa shape index (κ3) is 14.2. The topological polar surface area (TPSA) is 83.8 Å². The number of aliphatic carboxylic acids is 1. The lowest BCUT2D eigenvalue weighted by Crippen LogP contribution is -2.43. The summed E-state index contributed by atoms with van der Waals surface area (Å²) in [5, 5.41) is 18.7. The second-order valence-electron chi connectivity index (χ2n) is 7.22. The second-order valence-corrected chi connectivity index (χ2v) is 7.22. The van der Waals surface area contributed by atoms with Crippen molar-refractivity contribution >= 4 is 11.9 Å². The lowest BCUT2D eigenvalue weighted by Gasteiger charge is -2.28. The molecule has 0 heterocycles. The minimum atomic E-state index is -0.970. The van der Waals surface area contributed by atoms with Crippen LogP contribution in [0.3, 0.4) is 0 Å². The number of likely N-dealkylation sites (N-methyl/N-ethyl adjacent to an activating group) is 1. The van der Waals surface area contributed by atoms with Gasteiger partial charge in [0.05, 0.1) is 33.7 Å². The molecule has 0 saturated carbocycles. The molecule has 0 rings (SSSR count). The quantitative estimate of drug-likeness (QED) is 0.307. The first-order valence-corrected chi connectivity index (χ1v) is 8.53. The molecule has 6 nitrogen and oxygen atoms in total. The number of ether oxygens (including phenoxy) is 1. The van der Waals surface area contributed by atoms with Gasteiger partial charge in [0.2, 0.25) is 0 Å². The summed E-state index contributed by atoms with van der Waals surface area (Å²) in [5.41, 5.74) is 0. The zero-order chi connectivity index (χ0) is 17.9. The number of unbranched alkanes of at least 4 members (excludes halogenated alkanes) is 2. The van der Waals surface area contributed by atoms with Gasteiger partial charge in [0, 0.05) is 6.42 Å². The summed E-state index contributed by atoms with van der Waals surface area (Å²) in [6, 6.07) is 0. The van der Waals surface area contributed by atoms with Crippen LogP contribution in [0.1, 0.15) is 58.3 Å². The molecule has 2 unspecified atom stereocenters. The summed E-state index contributed by atoms with van der Waals surface area (Å²) in [7, 11) is 5.78. The molecule has 2 atom stereocenters. The number of carbonyl (C=O) groups excluding carboxylic acids is 1. The number of quaternary nitrogens is 1. The van der Waals surface area contributed by atoms with Gasteiger partial charge in [-0.15, -0.1) is 0 Å². The molecular weight excluding hydrogens is 298 g/mol. The van der Waals surface area contributed by atoms with Crippen LogP contribution in [0.25, 0.3) is 0 Å². The molecule has 136 valence electrons. The highest BCUT2D eigenvalue weighted by molar-refractivity contribution is 5.71. The van der Waals surface area contributed by atoms with E-state index in [1.807, 2.05) is 21.1 Å². The molecule has 0 fully saturated rings. The third-order valence-corrected chi connectivity index (χ3v) is 3.51. The van der Waals surface area contributed by atoms with Crippen molar-refractivity contribution in [2.75, 3.05) is 27.7 Å². The van der Waals surface area contributed by atoms with Crippen molar-refractivity contribution in [2.45, 2.75) is 70.5 Å². The van der Waals surface area contributed by atoms with E-state index in [0.717, 1.165) is 25.7 Å². The lowest BCUT2D eigenvalue weighted by molar-refractivity contribution is -0.873. The Kier molecular flexibility index (Phi) is 10.8. The SMILES string of the molecule is CCCCCC(O)CCCC(=O)OC(CC(=O)O)C[N+](C)(C)C. The lowest BCUT2D eigenvalue weighted by atomic mass is 10.1. The first-order valence-electron chi connectivity index (χ1n) is 8.53. The maximum atomic E-state index is 11.9. The van der Waals surface area contributed by atoms with E-state index < -0.39 is 12.1 Å². The van der Waals surface area contributed by atoms with E-state index in [1.165, 1.54) is 0 Å². The van der Waals surface area contributed by atoms with Gasteiger partial charge in [-0.3, -0.25) is 9.59 Å². The zero-order valence-electron chi connectivity index (χ0n) is 15.1. The molecule has 0 aliphatic carbocycles. The van der Waals surface area contributed by atoms with Crippen LogP contribution >= 0.6 is 0 Å². The summed E-state index contributed by atoms with van der Waals surface area (Å²) in [6.07, 6.45) is 4.22. The standard InChI is InChI=1S/C17H33NO5/c1-5-6-7-9-14(19)10-8-11-17(22)23-15(12-16(20)21)13-18(2,3)4/h14-15,19H,5-13H2,1-4H3/p+1. The fourth-order valence-corrected chi connectivity index (χ4v) is 2.45. The largest absolute Gasteiger partial charge is 0.481 e. The smallest absolute Gasteiger partial charge is 0.307 e. The van der Waals surface area contributed by atoms with Crippen LogP contribution in [0.4, 0.5) is 0 Å². The number of aliphatic hydroxyl groups excluding tert-OH is 1. The molecule has 0 spiro atoms. The number of hydrogen-bond donors (Lipinski definition) is 2. The number of aliphatic hydroxyl groups is 1. The third-order valence-electron chi connectivity index (χ3n) is 3.51. The van der Waals surface area contributed by atoms with Gasteiger partial charge in [0.1, 0.15) is 6.54 Å². The van der Waals surface area contributed by atoms with E-state index in [1.54, 1.807) is 0 Å². The molecule has 0 aromatic rings. The first-order chi connectivity index (χ1) is 10.6.